The third-order valence-electron chi connectivity index (χ3n) is 2.48. The third kappa shape index (κ3) is 4.42. The van der Waals surface area contributed by atoms with Gasteiger partial charge in [0, 0.05) is 43.2 Å². The van der Waals surface area contributed by atoms with Crippen LogP contribution in [0.4, 0.5) is 0 Å². The van der Waals surface area contributed by atoms with Crippen LogP contribution < -0.4 is 5.32 Å². The molecule has 1 aliphatic heterocycles. The van der Waals surface area contributed by atoms with Crippen LogP contribution in [0.5, 0.6) is 0 Å². The zero-order chi connectivity index (χ0) is 13.5. The van der Waals surface area contributed by atoms with E-state index >= 15 is 0 Å². The lowest BCUT2D eigenvalue weighted by molar-refractivity contribution is -0.134. The number of nitrogens with zero attached hydrogens (tertiary/aromatic N) is 1. The van der Waals surface area contributed by atoms with Gasteiger partial charge in [0.15, 0.2) is 0 Å². The molecule has 1 aliphatic rings. The van der Waals surface area contributed by atoms with Gasteiger partial charge in [-0.25, -0.2) is 9.59 Å². The third-order valence-corrected chi connectivity index (χ3v) is 2.48. The van der Waals surface area contributed by atoms with E-state index < -0.39 is 11.9 Å². The van der Waals surface area contributed by atoms with Crippen LogP contribution in [-0.2, 0) is 22.7 Å². The maximum Gasteiger partial charge on any atom is 0.328 e. The molecule has 0 atom stereocenters. The van der Waals surface area contributed by atoms with Crippen molar-refractivity contribution in [1.82, 2.24) is 9.88 Å². The summed E-state index contributed by atoms with van der Waals surface area (Å²) >= 11 is 0. The minimum Gasteiger partial charge on any atom is -0.478 e. The van der Waals surface area contributed by atoms with E-state index in [0.717, 1.165) is 19.6 Å². The van der Waals surface area contributed by atoms with Crippen molar-refractivity contribution in [3.63, 3.8) is 0 Å². The average molecular weight is 252 g/mol. The van der Waals surface area contributed by atoms with Gasteiger partial charge in [0.1, 0.15) is 0 Å². The molecule has 0 aliphatic carbocycles. The number of aliphatic carboxylic acids is 2. The van der Waals surface area contributed by atoms with Gasteiger partial charge < -0.3 is 20.1 Å². The monoisotopic (exact) mass is 252 g/mol. The second-order valence-electron chi connectivity index (χ2n) is 3.80. The normalized spacial score (nSPS) is 13.6. The number of aryl methyl sites for hydroxylation is 1. The van der Waals surface area contributed by atoms with E-state index in [1.165, 1.54) is 11.4 Å². The first kappa shape index (κ1) is 14.0. The van der Waals surface area contributed by atoms with Gasteiger partial charge in [-0.1, -0.05) is 0 Å². The molecule has 0 spiro atoms. The van der Waals surface area contributed by atoms with Gasteiger partial charge in [0.25, 0.3) is 0 Å². The van der Waals surface area contributed by atoms with Gasteiger partial charge in [0.2, 0.25) is 0 Å². The summed E-state index contributed by atoms with van der Waals surface area (Å²) in [6.45, 7) is 5.44. The molecule has 0 bridgehead atoms. The number of rotatable bonds is 2. The summed E-state index contributed by atoms with van der Waals surface area (Å²) < 4.78 is 2.37. The molecule has 2 heterocycles. The first-order valence-corrected chi connectivity index (χ1v) is 5.50. The summed E-state index contributed by atoms with van der Waals surface area (Å²) in [6, 6.07) is 4.38. The van der Waals surface area contributed by atoms with Crippen LogP contribution in [-0.4, -0.2) is 33.3 Å². The summed E-state index contributed by atoms with van der Waals surface area (Å²) in [5, 5.41) is 19.0. The van der Waals surface area contributed by atoms with Gasteiger partial charge in [-0.05, 0) is 19.1 Å². The molecule has 0 saturated heterocycles. The average Bonchev–Trinajstić information content (AvgIpc) is 2.70. The number of carbonyl (C=O) groups is 2. The number of carboxylic acids is 2. The first-order chi connectivity index (χ1) is 8.50. The van der Waals surface area contributed by atoms with E-state index in [2.05, 4.69) is 28.9 Å². The molecular weight excluding hydrogens is 236 g/mol. The van der Waals surface area contributed by atoms with Gasteiger partial charge in [0.05, 0.1) is 0 Å². The smallest absolute Gasteiger partial charge is 0.328 e. The van der Waals surface area contributed by atoms with Crippen molar-refractivity contribution in [3.05, 3.63) is 35.7 Å². The Labute approximate surface area is 105 Å². The van der Waals surface area contributed by atoms with E-state index in [4.69, 9.17) is 10.2 Å². The fourth-order valence-electron chi connectivity index (χ4n) is 1.65. The lowest BCUT2D eigenvalue weighted by Crippen LogP contribution is -2.27. The molecule has 0 saturated carbocycles. The molecule has 1 aromatic heterocycles. The number of carboxylic acid groups (broad SMARTS) is 2. The fourth-order valence-corrected chi connectivity index (χ4v) is 1.65. The molecular formula is C12H16N2O4. The molecule has 0 aromatic carbocycles. The quantitative estimate of drug-likeness (QED) is 0.671. The molecule has 6 nitrogen and oxygen atoms in total. The van der Waals surface area contributed by atoms with Crippen molar-refractivity contribution in [1.29, 1.82) is 0 Å². The maximum absolute atomic E-state index is 9.55. The van der Waals surface area contributed by atoms with Crippen LogP contribution >= 0.6 is 0 Å². The van der Waals surface area contributed by atoms with Crippen molar-refractivity contribution in [2.75, 3.05) is 6.54 Å². The minimum atomic E-state index is -1.26. The summed E-state index contributed by atoms with van der Waals surface area (Å²) in [7, 11) is 0. The molecule has 18 heavy (non-hydrogen) atoms. The largest absolute Gasteiger partial charge is 0.478 e. The standard InChI is InChI=1S/C8H12N2.C4H4O4/c1-7-2-3-8-6-9-4-5-10(7)8;5-3(6)1-2-4(7)8/h2-3,9H,4-6H2,1H3;1-2H,(H,5,6)(H,7,8)/b;2-1+. The van der Waals surface area contributed by atoms with Crippen LogP contribution in [0.1, 0.15) is 11.4 Å². The maximum atomic E-state index is 9.55. The second kappa shape index (κ2) is 6.61. The molecule has 0 radical (unpaired) electrons. The van der Waals surface area contributed by atoms with E-state index in [1.807, 2.05) is 0 Å². The molecule has 0 unspecified atom stereocenters. The summed E-state index contributed by atoms with van der Waals surface area (Å²) in [5.74, 6) is -2.51. The molecule has 6 heteroatoms. The van der Waals surface area contributed by atoms with Gasteiger partial charge >= 0.3 is 11.9 Å². The summed E-state index contributed by atoms with van der Waals surface area (Å²) in [6.07, 6.45) is 1.12. The zero-order valence-corrected chi connectivity index (χ0v) is 10.1. The Morgan fingerprint density at radius 3 is 2.39 bits per heavy atom. The van der Waals surface area contributed by atoms with E-state index in [0.29, 0.717) is 12.2 Å². The van der Waals surface area contributed by atoms with Crippen LogP contribution in [0.3, 0.4) is 0 Å². The lowest BCUT2D eigenvalue weighted by Gasteiger charge is -2.17. The van der Waals surface area contributed by atoms with Gasteiger partial charge in [-0.3, -0.25) is 0 Å². The number of aromatic nitrogens is 1. The van der Waals surface area contributed by atoms with Crippen molar-refractivity contribution >= 4 is 11.9 Å². The topological polar surface area (TPSA) is 91.6 Å². The fraction of sp³-hybridized carbons (Fsp3) is 0.333. The lowest BCUT2D eigenvalue weighted by atomic mass is 10.3. The Hall–Kier alpha value is -2.08. The van der Waals surface area contributed by atoms with Crippen molar-refractivity contribution < 1.29 is 19.8 Å². The van der Waals surface area contributed by atoms with E-state index in [-0.39, 0.29) is 0 Å². The van der Waals surface area contributed by atoms with Crippen LogP contribution in [0.15, 0.2) is 24.3 Å². The molecule has 0 fully saturated rings. The SMILES string of the molecule is Cc1ccc2n1CCNC2.O=C(O)/C=C/C(=O)O. The highest BCUT2D eigenvalue weighted by molar-refractivity contribution is 5.89. The predicted octanol–water partition coefficient (Wildman–Crippen LogP) is 0.612. The second-order valence-corrected chi connectivity index (χ2v) is 3.80. The van der Waals surface area contributed by atoms with Crippen LogP contribution in [0.25, 0.3) is 0 Å². The minimum absolute atomic E-state index is 0.558. The zero-order valence-electron chi connectivity index (χ0n) is 10.1. The highest BCUT2D eigenvalue weighted by Gasteiger charge is 2.07. The highest BCUT2D eigenvalue weighted by atomic mass is 16.4. The van der Waals surface area contributed by atoms with E-state index in [9.17, 15) is 9.59 Å². The Morgan fingerprint density at radius 1 is 1.28 bits per heavy atom. The molecule has 2 rings (SSSR count). The molecule has 0 amide bonds. The van der Waals surface area contributed by atoms with E-state index in [1.54, 1.807) is 0 Å². The summed E-state index contributed by atoms with van der Waals surface area (Å²) in [4.78, 5) is 19.1. The Balaban J connectivity index is 0.000000187. The van der Waals surface area contributed by atoms with Crippen molar-refractivity contribution in [2.24, 2.45) is 0 Å². The van der Waals surface area contributed by atoms with Crippen molar-refractivity contribution in [2.45, 2.75) is 20.0 Å². The van der Waals surface area contributed by atoms with Crippen LogP contribution in [0.2, 0.25) is 0 Å². The number of nitrogens with one attached hydrogen (secondary N) is 1. The molecule has 98 valence electrons. The van der Waals surface area contributed by atoms with Crippen molar-refractivity contribution in [3.8, 4) is 0 Å². The van der Waals surface area contributed by atoms with Gasteiger partial charge in [-0.2, -0.15) is 0 Å². The molecule has 1 aromatic rings. The predicted molar refractivity (Wildman–Crippen MR) is 65.3 cm³/mol. The number of hydrogen-bond acceptors (Lipinski definition) is 3. The Morgan fingerprint density at radius 2 is 1.89 bits per heavy atom. The Kier molecular flexibility index (Phi) is 5.13. The summed E-state index contributed by atoms with van der Waals surface area (Å²) in [5.41, 5.74) is 2.81. The number of hydrogen-bond donors (Lipinski definition) is 3. The number of fused-ring (bicyclic) bond motifs is 1. The molecule has 3 N–H and O–H groups in total. The Bertz CT molecular complexity index is 447. The van der Waals surface area contributed by atoms with Crippen LogP contribution in [0, 0.1) is 6.92 Å². The highest BCUT2D eigenvalue weighted by Crippen LogP contribution is 2.10. The van der Waals surface area contributed by atoms with Gasteiger partial charge in [-0.15, -0.1) is 0 Å². The first-order valence-electron chi connectivity index (χ1n) is 5.50.